The molecule has 1 heterocycles. The van der Waals surface area contributed by atoms with Gasteiger partial charge in [0, 0.05) is 13.1 Å². The quantitative estimate of drug-likeness (QED) is 0.456. The van der Waals surface area contributed by atoms with E-state index in [2.05, 4.69) is 10.6 Å². The third-order valence-corrected chi connectivity index (χ3v) is 4.43. The van der Waals surface area contributed by atoms with Crippen molar-refractivity contribution < 1.29 is 23.9 Å². The molecule has 8 heteroatoms. The van der Waals surface area contributed by atoms with E-state index in [9.17, 15) is 14.4 Å². The Balaban J connectivity index is 1.98. The number of rotatable bonds is 10. The number of carbonyl (C=O) groups is 3. The maximum absolute atomic E-state index is 12.6. The minimum atomic E-state index is -0.717. The second-order valence-corrected chi connectivity index (χ2v) is 7.27. The lowest BCUT2D eigenvalue weighted by atomic mass is 10.1. The van der Waals surface area contributed by atoms with Gasteiger partial charge in [-0.3, -0.25) is 19.3 Å². The Bertz CT molecular complexity index is 707. The summed E-state index contributed by atoms with van der Waals surface area (Å²) in [4.78, 5) is 38.6. The van der Waals surface area contributed by atoms with E-state index in [4.69, 9.17) is 9.47 Å². The first-order valence-electron chi connectivity index (χ1n) is 10.1. The van der Waals surface area contributed by atoms with Gasteiger partial charge in [0.2, 0.25) is 11.8 Å². The number of nitrogens with one attached hydrogen (secondary N) is 2. The number of hydrogen-bond donors (Lipinski definition) is 2. The number of hydrogen-bond acceptors (Lipinski definition) is 6. The zero-order valence-corrected chi connectivity index (χ0v) is 17.4. The van der Waals surface area contributed by atoms with E-state index in [1.807, 2.05) is 32.9 Å². The molecule has 0 radical (unpaired) electrons. The summed E-state index contributed by atoms with van der Waals surface area (Å²) in [6.45, 7) is 7.08. The van der Waals surface area contributed by atoms with E-state index in [1.165, 1.54) is 0 Å². The molecule has 2 N–H and O–H groups in total. The number of para-hydroxylation sites is 2. The number of benzene rings is 1. The molecule has 1 aromatic carbocycles. The van der Waals surface area contributed by atoms with E-state index >= 15 is 0 Å². The predicted molar refractivity (Wildman–Crippen MR) is 110 cm³/mol. The summed E-state index contributed by atoms with van der Waals surface area (Å²) >= 11 is 0. The second kappa shape index (κ2) is 11.4. The fourth-order valence-corrected chi connectivity index (χ4v) is 3.02. The van der Waals surface area contributed by atoms with E-state index < -0.39 is 12.0 Å². The van der Waals surface area contributed by atoms with Gasteiger partial charge in [0.1, 0.15) is 11.8 Å². The molecule has 1 aliphatic heterocycles. The molecular weight excluding hydrogens is 374 g/mol. The molecule has 1 unspecified atom stereocenters. The Morgan fingerprint density at radius 2 is 2.07 bits per heavy atom. The van der Waals surface area contributed by atoms with Crippen LogP contribution in [0.15, 0.2) is 24.3 Å². The third-order valence-electron chi connectivity index (χ3n) is 4.43. The standard InChI is InChI=1S/C21H31N3O5/c1-4-5-12-28-20(26)13-17-21(27)22-10-11-24(17)14-19(25)23-16-8-6-7-9-18(16)29-15(2)3/h6-9,15,17H,4-5,10-14H2,1-3H3,(H,22,27)(H,23,25). The molecule has 0 aliphatic carbocycles. The summed E-state index contributed by atoms with van der Waals surface area (Å²) in [6.07, 6.45) is 1.61. The Morgan fingerprint density at radius 3 is 2.79 bits per heavy atom. The predicted octanol–water partition coefficient (Wildman–Crippen LogP) is 1.95. The van der Waals surface area contributed by atoms with Gasteiger partial charge in [0.25, 0.3) is 0 Å². The highest BCUT2D eigenvalue weighted by Crippen LogP contribution is 2.25. The normalized spacial score (nSPS) is 17.0. The Labute approximate surface area is 171 Å². The number of piperazine rings is 1. The minimum Gasteiger partial charge on any atom is -0.489 e. The molecule has 1 atom stereocenters. The molecule has 2 rings (SSSR count). The van der Waals surface area contributed by atoms with E-state index in [0.29, 0.717) is 31.1 Å². The first kappa shape index (κ1) is 22.7. The average molecular weight is 405 g/mol. The largest absolute Gasteiger partial charge is 0.489 e. The SMILES string of the molecule is CCCCOC(=O)CC1C(=O)NCCN1CC(=O)Nc1ccccc1OC(C)C. The van der Waals surface area contributed by atoms with Crippen LogP contribution in [-0.4, -0.2) is 61.1 Å². The molecule has 1 fully saturated rings. The first-order chi connectivity index (χ1) is 13.9. The lowest BCUT2D eigenvalue weighted by Gasteiger charge is -2.33. The van der Waals surface area contributed by atoms with Crippen LogP contribution in [0.3, 0.4) is 0 Å². The smallest absolute Gasteiger partial charge is 0.307 e. The van der Waals surface area contributed by atoms with Crippen molar-refractivity contribution >= 4 is 23.5 Å². The number of esters is 1. The molecule has 2 amide bonds. The summed E-state index contributed by atoms with van der Waals surface area (Å²) in [5.74, 6) is -0.381. The zero-order valence-electron chi connectivity index (χ0n) is 17.4. The van der Waals surface area contributed by atoms with E-state index in [1.54, 1.807) is 17.0 Å². The third kappa shape index (κ3) is 7.38. The fourth-order valence-electron chi connectivity index (χ4n) is 3.02. The van der Waals surface area contributed by atoms with Gasteiger partial charge in [0.15, 0.2) is 0 Å². The number of ether oxygens (including phenoxy) is 2. The Kier molecular flexibility index (Phi) is 8.92. The monoisotopic (exact) mass is 405 g/mol. The van der Waals surface area contributed by atoms with Crippen LogP contribution in [0.4, 0.5) is 5.69 Å². The number of unbranched alkanes of at least 4 members (excludes halogenated alkanes) is 1. The van der Waals surface area contributed by atoms with Crippen molar-refractivity contribution in [2.45, 2.75) is 52.2 Å². The molecule has 1 saturated heterocycles. The van der Waals surface area contributed by atoms with Gasteiger partial charge in [-0.2, -0.15) is 0 Å². The van der Waals surface area contributed by atoms with Crippen molar-refractivity contribution in [2.24, 2.45) is 0 Å². The summed E-state index contributed by atoms with van der Waals surface area (Å²) in [5.41, 5.74) is 0.572. The molecule has 8 nitrogen and oxygen atoms in total. The average Bonchev–Trinajstić information content (AvgIpc) is 2.66. The highest BCUT2D eigenvalue weighted by molar-refractivity contribution is 5.94. The molecule has 29 heavy (non-hydrogen) atoms. The molecule has 1 aromatic rings. The van der Waals surface area contributed by atoms with Gasteiger partial charge in [-0.05, 0) is 32.4 Å². The van der Waals surface area contributed by atoms with Crippen molar-refractivity contribution in [1.82, 2.24) is 10.2 Å². The number of amides is 2. The van der Waals surface area contributed by atoms with Crippen molar-refractivity contribution in [3.63, 3.8) is 0 Å². The second-order valence-electron chi connectivity index (χ2n) is 7.27. The maximum atomic E-state index is 12.6. The molecule has 0 bridgehead atoms. The lowest BCUT2D eigenvalue weighted by molar-refractivity contribution is -0.149. The van der Waals surface area contributed by atoms with Gasteiger partial charge in [-0.25, -0.2) is 0 Å². The fraction of sp³-hybridized carbons (Fsp3) is 0.571. The zero-order chi connectivity index (χ0) is 21.2. The summed E-state index contributed by atoms with van der Waals surface area (Å²) in [5, 5.41) is 5.59. The summed E-state index contributed by atoms with van der Waals surface area (Å²) < 4.78 is 10.9. The van der Waals surface area contributed by atoms with Gasteiger partial charge in [0.05, 0.1) is 31.4 Å². The van der Waals surface area contributed by atoms with Crippen molar-refractivity contribution in [1.29, 1.82) is 0 Å². The summed E-state index contributed by atoms with van der Waals surface area (Å²) in [6, 6.07) is 6.49. The van der Waals surface area contributed by atoms with Crippen LogP contribution in [0.1, 0.15) is 40.0 Å². The minimum absolute atomic E-state index is 0.00363. The molecule has 0 aromatic heterocycles. The molecule has 1 aliphatic rings. The van der Waals surface area contributed by atoms with Crippen molar-refractivity contribution in [2.75, 3.05) is 31.6 Å². The van der Waals surface area contributed by atoms with Crippen molar-refractivity contribution in [3.05, 3.63) is 24.3 Å². The van der Waals surface area contributed by atoms with Crippen LogP contribution >= 0.6 is 0 Å². The molecule has 160 valence electrons. The van der Waals surface area contributed by atoms with Crippen LogP contribution < -0.4 is 15.4 Å². The Morgan fingerprint density at radius 1 is 1.31 bits per heavy atom. The van der Waals surface area contributed by atoms with Gasteiger partial charge < -0.3 is 20.1 Å². The van der Waals surface area contributed by atoms with Gasteiger partial charge in [-0.1, -0.05) is 25.5 Å². The van der Waals surface area contributed by atoms with E-state index in [-0.39, 0.29) is 30.9 Å². The number of nitrogens with zero attached hydrogens (tertiary/aromatic N) is 1. The Hall–Kier alpha value is -2.61. The van der Waals surface area contributed by atoms with Crippen LogP contribution in [0, 0.1) is 0 Å². The van der Waals surface area contributed by atoms with Crippen LogP contribution in [-0.2, 0) is 19.1 Å². The molecule has 0 spiro atoms. The topological polar surface area (TPSA) is 97.0 Å². The highest BCUT2D eigenvalue weighted by Gasteiger charge is 2.33. The van der Waals surface area contributed by atoms with Crippen LogP contribution in [0.2, 0.25) is 0 Å². The van der Waals surface area contributed by atoms with Crippen molar-refractivity contribution in [3.8, 4) is 5.75 Å². The number of carbonyl (C=O) groups excluding carboxylic acids is 3. The number of anilines is 1. The highest BCUT2D eigenvalue weighted by atomic mass is 16.5. The van der Waals surface area contributed by atoms with Crippen LogP contribution in [0.25, 0.3) is 0 Å². The van der Waals surface area contributed by atoms with Gasteiger partial charge in [-0.15, -0.1) is 0 Å². The molecule has 0 saturated carbocycles. The van der Waals surface area contributed by atoms with Gasteiger partial charge >= 0.3 is 5.97 Å². The van der Waals surface area contributed by atoms with Crippen LogP contribution in [0.5, 0.6) is 5.75 Å². The van der Waals surface area contributed by atoms with E-state index in [0.717, 1.165) is 12.8 Å². The summed E-state index contributed by atoms with van der Waals surface area (Å²) in [7, 11) is 0. The lowest BCUT2D eigenvalue weighted by Crippen LogP contribution is -2.57. The molecular formula is C21H31N3O5. The maximum Gasteiger partial charge on any atom is 0.307 e. The first-order valence-corrected chi connectivity index (χ1v) is 10.1.